The molecule has 5 nitrogen and oxygen atoms in total. The second-order valence-corrected chi connectivity index (χ2v) is 5.02. The van der Waals surface area contributed by atoms with Gasteiger partial charge in [0, 0.05) is 18.2 Å². The molecule has 2 aliphatic heterocycles. The van der Waals surface area contributed by atoms with Crippen LogP contribution in [0.5, 0.6) is 5.75 Å². The maximum atomic E-state index is 12.5. The van der Waals surface area contributed by atoms with Gasteiger partial charge in [-0.05, 0) is 6.07 Å². The van der Waals surface area contributed by atoms with Gasteiger partial charge >= 0.3 is 0 Å². The molecular weight excluding hydrogens is 244 g/mol. The summed E-state index contributed by atoms with van der Waals surface area (Å²) in [6, 6.07) is 7.64. The fraction of sp³-hybridized carbons (Fsp3) is 0.500. The van der Waals surface area contributed by atoms with Gasteiger partial charge < -0.3 is 20.1 Å². The Morgan fingerprint density at radius 2 is 2.16 bits per heavy atom. The van der Waals surface area contributed by atoms with Crippen LogP contribution in [0.15, 0.2) is 24.3 Å². The summed E-state index contributed by atoms with van der Waals surface area (Å²) in [6.07, 6.45) is 0. The number of benzene rings is 1. The van der Waals surface area contributed by atoms with Crippen molar-refractivity contribution < 1.29 is 14.3 Å². The Hall–Kier alpha value is -1.59. The van der Waals surface area contributed by atoms with Gasteiger partial charge in [-0.25, -0.2) is 0 Å². The Morgan fingerprint density at radius 3 is 2.95 bits per heavy atom. The molecule has 2 aliphatic rings. The van der Waals surface area contributed by atoms with E-state index in [4.69, 9.17) is 15.2 Å². The first-order valence-corrected chi connectivity index (χ1v) is 6.58. The van der Waals surface area contributed by atoms with Gasteiger partial charge in [0.15, 0.2) is 0 Å². The Morgan fingerprint density at radius 1 is 1.32 bits per heavy atom. The van der Waals surface area contributed by atoms with Crippen molar-refractivity contribution in [3.8, 4) is 5.75 Å². The van der Waals surface area contributed by atoms with E-state index >= 15 is 0 Å². The molecule has 2 N–H and O–H groups in total. The van der Waals surface area contributed by atoms with Crippen molar-refractivity contribution in [2.24, 2.45) is 11.7 Å². The molecule has 3 rings (SSSR count). The van der Waals surface area contributed by atoms with Crippen LogP contribution in [0.1, 0.15) is 5.56 Å². The van der Waals surface area contributed by atoms with Crippen LogP contribution in [0.2, 0.25) is 0 Å². The van der Waals surface area contributed by atoms with Crippen molar-refractivity contribution in [1.29, 1.82) is 0 Å². The van der Waals surface area contributed by atoms with Crippen molar-refractivity contribution in [1.82, 2.24) is 4.90 Å². The van der Waals surface area contributed by atoms with Crippen LogP contribution in [-0.4, -0.2) is 43.2 Å². The number of hydrogen-bond donors (Lipinski definition) is 1. The summed E-state index contributed by atoms with van der Waals surface area (Å²) in [5.41, 5.74) is 6.96. The number of para-hydroxylation sites is 1. The molecule has 2 heterocycles. The molecule has 0 radical (unpaired) electrons. The lowest BCUT2D eigenvalue weighted by Crippen LogP contribution is -2.44. The SMILES string of the molecule is NC1COCC1C(=O)N1CCOc2ccccc2C1. The number of fused-ring (bicyclic) bond motifs is 1. The summed E-state index contributed by atoms with van der Waals surface area (Å²) in [5, 5.41) is 0. The van der Waals surface area contributed by atoms with E-state index in [-0.39, 0.29) is 17.9 Å². The fourth-order valence-electron chi connectivity index (χ4n) is 2.57. The predicted molar refractivity (Wildman–Crippen MR) is 69.6 cm³/mol. The summed E-state index contributed by atoms with van der Waals surface area (Å²) in [5.74, 6) is 0.723. The number of carbonyl (C=O) groups is 1. The van der Waals surface area contributed by atoms with Crippen LogP contribution in [0.25, 0.3) is 0 Å². The molecule has 2 unspecified atom stereocenters. The number of amides is 1. The first-order valence-electron chi connectivity index (χ1n) is 6.58. The second kappa shape index (κ2) is 5.19. The zero-order valence-electron chi connectivity index (χ0n) is 10.7. The van der Waals surface area contributed by atoms with E-state index in [0.29, 0.717) is 32.9 Å². The fourth-order valence-corrected chi connectivity index (χ4v) is 2.57. The van der Waals surface area contributed by atoms with Crippen molar-refractivity contribution in [2.75, 3.05) is 26.4 Å². The second-order valence-electron chi connectivity index (χ2n) is 5.02. The number of nitrogens with two attached hydrogens (primary N) is 1. The van der Waals surface area contributed by atoms with Crippen LogP contribution in [0.3, 0.4) is 0 Å². The molecule has 0 spiro atoms. The Bertz CT molecular complexity index is 478. The highest BCUT2D eigenvalue weighted by molar-refractivity contribution is 5.80. The minimum atomic E-state index is -0.217. The van der Waals surface area contributed by atoms with Crippen LogP contribution < -0.4 is 10.5 Å². The number of ether oxygens (including phenoxy) is 2. The predicted octanol–water partition coefficient (Wildman–Crippen LogP) is 0.381. The first-order chi connectivity index (χ1) is 9.25. The highest BCUT2D eigenvalue weighted by Gasteiger charge is 2.35. The largest absolute Gasteiger partial charge is 0.491 e. The van der Waals surface area contributed by atoms with Crippen LogP contribution in [-0.2, 0) is 16.1 Å². The average Bonchev–Trinajstić information content (AvgIpc) is 2.73. The van der Waals surface area contributed by atoms with Crippen molar-refractivity contribution in [3.63, 3.8) is 0 Å². The van der Waals surface area contributed by atoms with Gasteiger partial charge in [-0.1, -0.05) is 18.2 Å². The Balaban J connectivity index is 1.77. The number of hydrogen-bond acceptors (Lipinski definition) is 4. The Labute approximate surface area is 112 Å². The third kappa shape index (κ3) is 2.43. The monoisotopic (exact) mass is 262 g/mol. The molecule has 1 aromatic carbocycles. The van der Waals surface area contributed by atoms with Gasteiger partial charge in [-0.2, -0.15) is 0 Å². The minimum Gasteiger partial charge on any atom is -0.491 e. The van der Waals surface area contributed by atoms with E-state index in [1.165, 1.54) is 0 Å². The average molecular weight is 262 g/mol. The zero-order chi connectivity index (χ0) is 13.2. The lowest BCUT2D eigenvalue weighted by molar-refractivity contribution is -0.136. The van der Waals surface area contributed by atoms with Crippen LogP contribution >= 0.6 is 0 Å². The van der Waals surface area contributed by atoms with Gasteiger partial charge in [0.05, 0.1) is 25.7 Å². The third-order valence-electron chi connectivity index (χ3n) is 3.71. The quantitative estimate of drug-likeness (QED) is 0.794. The van der Waals surface area contributed by atoms with Gasteiger partial charge in [0.25, 0.3) is 0 Å². The molecule has 0 bridgehead atoms. The van der Waals surface area contributed by atoms with Crippen LogP contribution in [0.4, 0.5) is 0 Å². The maximum Gasteiger partial charge on any atom is 0.230 e. The summed E-state index contributed by atoms with van der Waals surface area (Å²) in [4.78, 5) is 14.3. The summed E-state index contributed by atoms with van der Waals surface area (Å²) in [7, 11) is 0. The van der Waals surface area contributed by atoms with Crippen molar-refractivity contribution in [2.45, 2.75) is 12.6 Å². The van der Waals surface area contributed by atoms with Crippen LogP contribution in [0, 0.1) is 5.92 Å². The molecule has 19 heavy (non-hydrogen) atoms. The zero-order valence-corrected chi connectivity index (χ0v) is 10.7. The molecule has 1 aromatic rings. The van der Waals surface area contributed by atoms with Gasteiger partial charge in [-0.3, -0.25) is 4.79 Å². The minimum absolute atomic E-state index is 0.0744. The molecule has 1 amide bonds. The molecule has 2 atom stereocenters. The molecular formula is C14H18N2O3. The molecule has 1 saturated heterocycles. The standard InChI is InChI=1S/C14H18N2O3/c15-12-9-18-8-11(12)14(17)16-5-6-19-13-4-2-1-3-10(13)7-16/h1-4,11-12H,5-9,15H2. The van der Waals surface area contributed by atoms with Gasteiger partial charge in [0.2, 0.25) is 5.91 Å². The van der Waals surface area contributed by atoms with E-state index in [9.17, 15) is 4.79 Å². The van der Waals surface area contributed by atoms with Crippen molar-refractivity contribution >= 4 is 5.91 Å². The maximum absolute atomic E-state index is 12.5. The van der Waals surface area contributed by atoms with Crippen molar-refractivity contribution in [3.05, 3.63) is 29.8 Å². The van der Waals surface area contributed by atoms with E-state index in [2.05, 4.69) is 0 Å². The van der Waals surface area contributed by atoms with E-state index in [0.717, 1.165) is 11.3 Å². The normalized spacial score (nSPS) is 26.5. The number of carbonyl (C=O) groups excluding carboxylic acids is 1. The first kappa shape index (κ1) is 12.4. The molecule has 1 fully saturated rings. The van der Waals surface area contributed by atoms with E-state index in [1.807, 2.05) is 29.2 Å². The Kier molecular flexibility index (Phi) is 3.40. The topological polar surface area (TPSA) is 64.8 Å². The molecule has 0 aromatic heterocycles. The lowest BCUT2D eigenvalue weighted by Gasteiger charge is -2.24. The van der Waals surface area contributed by atoms with Gasteiger partial charge in [-0.15, -0.1) is 0 Å². The summed E-state index contributed by atoms with van der Waals surface area (Å²) < 4.78 is 10.9. The lowest BCUT2D eigenvalue weighted by atomic mass is 10.0. The van der Waals surface area contributed by atoms with E-state index in [1.54, 1.807) is 0 Å². The van der Waals surface area contributed by atoms with Gasteiger partial charge in [0.1, 0.15) is 12.4 Å². The van der Waals surface area contributed by atoms with E-state index < -0.39 is 0 Å². The molecule has 102 valence electrons. The summed E-state index contributed by atoms with van der Waals surface area (Å²) >= 11 is 0. The smallest absolute Gasteiger partial charge is 0.230 e. The summed E-state index contributed by atoms with van der Waals surface area (Å²) in [6.45, 7) is 2.59. The third-order valence-corrected chi connectivity index (χ3v) is 3.71. The number of nitrogens with zero attached hydrogens (tertiary/aromatic N) is 1. The highest BCUT2D eigenvalue weighted by Crippen LogP contribution is 2.24. The molecule has 5 heteroatoms. The molecule has 0 aliphatic carbocycles. The molecule has 0 saturated carbocycles. The highest BCUT2D eigenvalue weighted by atomic mass is 16.5. The number of rotatable bonds is 1.